The Labute approximate surface area is 109 Å². The summed E-state index contributed by atoms with van der Waals surface area (Å²) in [7, 11) is 0. The summed E-state index contributed by atoms with van der Waals surface area (Å²) in [4.78, 5) is 0. The van der Waals surface area contributed by atoms with Gasteiger partial charge >= 0.3 is 0 Å². The summed E-state index contributed by atoms with van der Waals surface area (Å²) < 4.78 is 6.49. The Morgan fingerprint density at radius 1 is 1.00 bits per heavy atom. The van der Waals surface area contributed by atoms with Gasteiger partial charge in [0.15, 0.2) is 0 Å². The predicted octanol–water partition coefficient (Wildman–Crippen LogP) is 3.56. The molecule has 0 fully saturated rings. The second-order valence-corrected chi connectivity index (χ2v) is 4.61. The molecule has 17 heavy (non-hydrogen) atoms. The monoisotopic (exact) mass is 292 g/mol. The summed E-state index contributed by atoms with van der Waals surface area (Å²) in [6, 6.07) is 17.0. The highest BCUT2D eigenvalue weighted by molar-refractivity contribution is 9.10. The van der Waals surface area contributed by atoms with Crippen molar-refractivity contribution in [3.63, 3.8) is 0 Å². The maximum absolute atomic E-state index is 9.93. The van der Waals surface area contributed by atoms with E-state index in [2.05, 4.69) is 15.9 Å². The van der Waals surface area contributed by atoms with Crippen molar-refractivity contribution < 1.29 is 9.84 Å². The van der Waals surface area contributed by atoms with Gasteiger partial charge in [-0.05, 0) is 29.8 Å². The Morgan fingerprint density at radius 3 is 2.29 bits per heavy atom. The van der Waals surface area contributed by atoms with Crippen LogP contribution in [0.15, 0.2) is 59.1 Å². The Morgan fingerprint density at radius 2 is 1.65 bits per heavy atom. The molecule has 0 heterocycles. The van der Waals surface area contributed by atoms with Gasteiger partial charge < -0.3 is 9.84 Å². The van der Waals surface area contributed by atoms with Gasteiger partial charge in [-0.1, -0.05) is 46.3 Å². The summed E-state index contributed by atoms with van der Waals surface area (Å²) in [6.45, 7) is 0.256. The molecule has 0 saturated carbocycles. The lowest BCUT2D eigenvalue weighted by Crippen LogP contribution is -2.09. The summed E-state index contributed by atoms with van der Waals surface area (Å²) in [5.41, 5.74) is 0.851. The van der Waals surface area contributed by atoms with E-state index in [1.54, 1.807) is 0 Å². The predicted molar refractivity (Wildman–Crippen MR) is 71.0 cm³/mol. The van der Waals surface area contributed by atoms with E-state index in [1.165, 1.54) is 0 Å². The third kappa shape index (κ3) is 3.58. The van der Waals surface area contributed by atoms with Crippen LogP contribution in [0.5, 0.6) is 5.75 Å². The zero-order valence-electron chi connectivity index (χ0n) is 9.21. The Bertz CT molecular complexity index is 453. The van der Waals surface area contributed by atoms with Crippen molar-refractivity contribution in [2.45, 2.75) is 6.10 Å². The number of hydrogen-bond acceptors (Lipinski definition) is 2. The second-order valence-electron chi connectivity index (χ2n) is 3.69. The first-order chi connectivity index (χ1) is 8.25. The number of aliphatic hydroxyl groups excluding tert-OH is 1. The normalized spacial score (nSPS) is 12.1. The van der Waals surface area contributed by atoms with E-state index in [9.17, 15) is 5.11 Å². The van der Waals surface area contributed by atoms with E-state index in [4.69, 9.17) is 4.74 Å². The van der Waals surface area contributed by atoms with Crippen molar-refractivity contribution in [2.75, 3.05) is 6.61 Å². The molecule has 0 aliphatic rings. The highest BCUT2D eigenvalue weighted by atomic mass is 79.9. The SMILES string of the molecule is O[C@@H](COc1ccccc1)c1ccc(Br)cc1. The molecule has 0 aliphatic heterocycles. The van der Waals surface area contributed by atoms with Crippen molar-refractivity contribution in [1.29, 1.82) is 0 Å². The molecule has 2 aromatic rings. The van der Waals surface area contributed by atoms with E-state index >= 15 is 0 Å². The first-order valence-electron chi connectivity index (χ1n) is 5.37. The molecule has 1 atom stereocenters. The van der Waals surface area contributed by atoms with Crippen molar-refractivity contribution in [3.05, 3.63) is 64.6 Å². The average molecular weight is 293 g/mol. The van der Waals surface area contributed by atoms with Crippen LogP contribution in [0.25, 0.3) is 0 Å². The highest BCUT2D eigenvalue weighted by Crippen LogP contribution is 2.18. The summed E-state index contributed by atoms with van der Waals surface area (Å²) in [5.74, 6) is 0.767. The molecule has 0 saturated heterocycles. The largest absolute Gasteiger partial charge is 0.491 e. The van der Waals surface area contributed by atoms with E-state index in [0.29, 0.717) is 0 Å². The molecule has 0 aliphatic carbocycles. The summed E-state index contributed by atoms with van der Waals surface area (Å²) in [5, 5.41) is 9.93. The molecule has 2 nitrogen and oxygen atoms in total. The van der Waals surface area contributed by atoms with Gasteiger partial charge in [0.2, 0.25) is 0 Å². The fourth-order valence-electron chi connectivity index (χ4n) is 1.47. The fraction of sp³-hybridized carbons (Fsp3) is 0.143. The van der Waals surface area contributed by atoms with Gasteiger partial charge in [0, 0.05) is 4.47 Å². The van der Waals surface area contributed by atoms with Gasteiger partial charge in [-0.15, -0.1) is 0 Å². The van der Waals surface area contributed by atoms with Gasteiger partial charge in [0.1, 0.15) is 18.5 Å². The van der Waals surface area contributed by atoms with Crippen molar-refractivity contribution in [3.8, 4) is 5.75 Å². The van der Waals surface area contributed by atoms with Crippen molar-refractivity contribution in [2.24, 2.45) is 0 Å². The van der Waals surface area contributed by atoms with E-state index in [1.807, 2.05) is 54.6 Å². The molecule has 0 unspecified atom stereocenters. The molecule has 3 heteroatoms. The maximum Gasteiger partial charge on any atom is 0.119 e. The van der Waals surface area contributed by atoms with Crippen LogP contribution < -0.4 is 4.74 Å². The second kappa shape index (κ2) is 5.84. The molecular formula is C14H13BrO2. The number of rotatable bonds is 4. The number of para-hydroxylation sites is 1. The maximum atomic E-state index is 9.93. The minimum absolute atomic E-state index is 0.256. The lowest BCUT2D eigenvalue weighted by Gasteiger charge is -2.12. The van der Waals surface area contributed by atoms with Gasteiger partial charge in [0.25, 0.3) is 0 Å². The van der Waals surface area contributed by atoms with Crippen LogP contribution in [0.2, 0.25) is 0 Å². The van der Waals surface area contributed by atoms with Crippen LogP contribution in [0, 0.1) is 0 Å². The van der Waals surface area contributed by atoms with E-state index in [-0.39, 0.29) is 6.61 Å². The third-order valence-electron chi connectivity index (χ3n) is 2.41. The third-order valence-corrected chi connectivity index (χ3v) is 2.93. The van der Waals surface area contributed by atoms with Crippen LogP contribution in [0.4, 0.5) is 0 Å². The van der Waals surface area contributed by atoms with Gasteiger partial charge in [-0.3, -0.25) is 0 Å². The molecule has 2 aromatic carbocycles. The fourth-order valence-corrected chi connectivity index (χ4v) is 1.74. The van der Waals surface area contributed by atoms with Crippen LogP contribution >= 0.6 is 15.9 Å². The summed E-state index contributed by atoms with van der Waals surface area (Å²) >= 11 is 3.36. The van der Waals surface area contributed by atoms with Gasteiger partial charge in [-0.25, -0.2) is 0 Å². The van der Waals surface area contributed by atoms with E-state index < -0.39 is 6.10 Å². The molecule has 88 valence electrons. The van der Waals surface area contributed by atoms with Crippen LogP contribution in [0.1, 0.15) is 11.7 Å². The first-order valence-corrected chi connectivity index (χ1v) is 6.16. The van der Waals surface area contributed by atoms with E-state index in [0.717, 1.165) is 15.8 Å². The van der Waals surface area contributed by atoms with Gasteiger partial charge in [0.05, 0.1) is 0 Å². The average Bonchev–Trinajstić information content (AvgIpc) is 2.38. The molecular weight excluding hydrogens is 280 g/mol. The van der Waals surface area contributed by atoms with Crippen molar-refractivity contribution in [1.82, 2.24) is 0 Å². The Balaban J connectivity index is 1.93. The van der Waals surface area contributed by atoms with Crippen LogP contribution in [0.3, 0.4) is 0 Å². The molecule has 1 N–H and O–H groups in total. The number of benzene rings is 2. The molecule has 0 spiro atoms. The minimum Gasteiger partial charge on any atom is -0.491 e. The minimum atomic E-state index is -0.608. The highest BCUT2D eigenvalue weighted by Gasteiger charge is 2.07. The number of aliphatic hydroxyl groups is 1. The zero-order valence-corrected chi connectivity index (χ0v) is 10.8. The molecule has 0 radical (unpaired) electrons. The number of halogens is 1. The lowest BCUT2D eigenvalue weighted by molar-refractivity contribution is 0.108. The van der Waals surface area contributed by atoms with Crippen LogP contribution in [-0.2, 0) is 0 Å². The first kappa shape index (κ1) is 12.1. The molecule has 2 rings (SSSR count). The zero-order chi connectivity index (χ0) is 12.1. The standard InChI is InChI=1S/C14H13BrO2/c15-12-8-6-11(7-9-12)14(16)10-17-13-4-2-1-3-5-13/h1-9,14,16H,10H2/t14-/m0/s1. The van der Waals surface area contributed by atoms with Crippen LogP contribution in [-0.4, -0.2) is 11.7 Å². The Hall–Kier alpha value is -1.32. The lowest BCUT2D eigenvalue weighted by atomic mass is 10.1. The Kier molecular flexibility index (Phi) is 4.18. The topological polar surface area (TPSA) is 29.5 Å². The quantitative estimate of drug-likeness (QED) is 0.934. The molecule has 0 amide bonds. The number of ether oxygens (including phenoxy) is 1. The van der Waals surface area contributed by atoms with Crippen molar-refractivity contribution >= 4 is 15.9 Å². The smallest absolute Gasteiger partial charge is 0.119 e. The number of hydrogen-bond donors (Lipinski definition) is 1. The van der Waals surface area contributed by atoms with Gasteiger partial charge in [-0.2, -0.15) is 0 Å². The molecule has 0 aromatic heterocycles. The molecule has 0 bridgehead atoms. The summed E-state index contributed by atoms with van der Waals surface area (Å²) in [6.07, 6.45) is -0.608.